The summed E-state index contributed by atoms with van der Waals surface area (Å²) in [7, 11) is 0. The summed E-state index contributed by atoms with van der Waals surface area (Å²) in [5.74, 6) is -0.00840. The largest absolute Gasteiger partial charge is 0.351 e. The summed E-state index contributed by atoms with van der Waals surface area (Å²) in [6.45, 7) is 13.3. The van der Waals surface area contributed by atoms with Crippen molar-refractivity contribution in [1.29, 1.82) is 0 Å². The van der Waals surface area contributed by atoms with Crippen LogP contribution in [-0.4, -0.2) is 36.1 Å². The average molecular weight is 501 g/mol. The highest BCUT2D eigenvalue weighted by atomic mass is 35.5. The van der Waals surface area contributed by atoms with E-state index in [1.807, 2.05) is 52.0 Å². The van der Waals surface area contributed by atoms with Crippen molar-refractivity contribution in [1.82, 2.24) is 5.32 Å². The number of nitrogens with one attached hydrogen (secondary N) is 1. The van der Waals surface area contributed by atoms with E-state index < -0.39 is 0 Å². The molecule has 0 bridgehead atoms. The van der Waals surface area contributed by atoms with E-state index in [-0.39, 0.29) is 5.91 Å². The molecule has 0 radical (unpaired) electrons. The summed E-state index contributed by atoms with van der Waals surface area (Å²) in [6.07, 6.45) is 5.39. The summed E-state index contributed by atoms with van der Waals surface area (Å²) in [5, 5.41) is 12.3. The van der Waals surface area contributed by atoms with Gasteiger partial charge in [0, 0.05) is 33.3 Å². The highest BCUT2D eigenvalue weighted by molar-refractivity contribution is 7.14. The molecule has 0 saturated heterocycles. The van der Waals surface area contributed by atoms with E-state index >= 15 is 0 Å². The molecule has 0 saturated carbocycles. The van der Waals surface area contributed by atoms with Gasteiger partial charge in [0.15, 0.2) is 0 Å². The lowest BCUT2D eigenvalue weighted by atomic mass is 9.98. The number of hydrogen-bond acceptors (Lipinski definition) is 5. The molecule has 1 amide bonds. The summed E-state index contributed by atoms with van der Waals surface area (Å²) in [5.41, 5.74) is 5.57. The van der Waals surface area contributed by atoms with Gasteiger partial charge in [-0.15, -0.1) is 11.3 Å². The molecule has 1 N–H and O–H groups in total. The molecule has 1 aromatic carbocycles. The number of carbonyl (C=O) groups excluding carboxylic acids is 1. The molecule has 34 heavy (non-hydrogen) atoms. The van der Waals surface area contributed by atoms with Crippen molar-refractivity contribution in [3.05, 3.63) is 55.7 Å². The van der Waals surface area contributed by atoms with Crippen molar-refractivity contribution < 1.29 is 4.79 Å². The molecule has 0 unspecified atom stereocenters. The Morgan fingerprint density at radius 1 is 1.00 bits per heavy atom. The van der Waals surface area contributed by atoms with Crippen LogP contribution in [0.2, 0.25) is 5.02 Å². The first-order valence-electron chi connectivity index (χ1n) is 12.0. The second kappa shape index (κ2) is 14.2. The van der Waals surface area contributed by atoms with Gasteiger partial charge in [-0.2, -0.15) is 10.2 Å². The van der Waals surface area contributed by atoms with Gasteiger partial charge >= 0.3 is 0 Å². The predicted molar refractivity (Wildman–Crippen MR) is 149 cm³/mol. The van der Waals surface area contributed by atoms with Crippen LogP contribution in [0.4, 0.5) is 0 Å². The lowest BCUT2D eigenvalue weighted by molar-refractivity contribution is 0.0956. The third-order valence-corrected chi connectivity index (χ3v) is 7.03. The number of nitrogens with zero attached hydrogens (tertiary/aromatic N) is 3. The Bertz CT molecular complexity index is 1050. The van der Waals surface area contributed by atoms with Crippen LogP contribution in [0, 0.1) is 13.8 Å². The van der Waals surface area contributed by atoms with E-state index in [4.69, 9.17) is 16.6 Å². The van der Waals surface area contributed by atoms with Crippen LogP contribution in [-0.2, 0) is 0 Å². The number of benzene rings is 1. The molecular formula is C27H37ClN4OS. The first-order valence-corrected chi connectivity index (χ1v) is 13.2. The van der Waals surface area contributed by atoms with Crippen molar-refractivity contribution in [3.63, 3.8) is 0 Å². The molecular weight excluding hydrogens is 464 g/mol. The third-order valence-electron chi connectivity index (χ3n) is 5.57. The topological polar surface area (TPSA) is 66.2 Å². The number of aryl methyl sites for hydroxylation is 1. The number of halogens is 1. The highest BCUT2D eigenvalue weighted by Gasteiger charge is 2.22. The maximum absolute atomic E-state index is 12.9. The third kappa shape index (κ3) is 8.17. The Morgan fingerprint density at radius 3 is 2.32 bits per heavy atom. The van der Waals surface area contributed by atoms with Crippen LogP contribution in [0.1, 0.15) is 91.0 Å². The Morgan fingerprint density at radius 2 is 1.68 bits per heavy atom. The molecule has 0 aliphatic rings. The van der Waals surface area contributed by atoms with Crippen LogP contribution in [0.5, 0.6) is 0 Å². The van der Waals surface area contributed by atoms with Crippen LogP contribution in [0.3, 0.4) is 0 Å². The lowest BCUT2D eigenvalue weighted by Crippen LogP contribution is -2.24. The smallest absolute Gasteiger partial charge is 0.261 e. The summed E-state index contributed by atoms with van der Waals surface area (Å²) < 4.78 is 0. The molecule has 1 aromatic heterocycles. The minimum atomic E-state index is -0.00840. The van der Waals surface area contributed by atoms with Gasteiger partial charge in [0.1, 0.15) is 0 Å². The lowest BCUT2D eigenvalue weighted by Gasteiger charge is -2.10. The normalized spacial score (nSPS) is 12.9. The first kappa shape index (κ1) is 27.9. The van der Waals surface area contributed by atoms with Crippen LogP contribution < -0.4 is 5.32 Å². The number of amides is 1. The number of unbranched alkanes of at least 4 members (excludes halogenated alkanes) is 3. The fraction of sp³-hybridized carbons (Fsp3) is 0.481. The maximum atomic E-state index is 12.9. The molecule has 7 heteroatoms. The van der Waals surface area contributed by atoms with Gasteiger partial charge in [-0.05, 0) is 58.2 Å². The molecule has 0 atom stereocenters. The summed E-state index contributed by atoms with van der Waals surface area (Å²) in [6, 6.07) is 7.67. The molecule has 1 heterocycles. The number of hydrogen-bond donors (Lipinski definition) is 1. The quantitative estimate of drug-likeness (QED) is 0.184. The van der Waals surface area contributed by atoms with Gasteiger partial charge in [0.25, 0.3) is 5.91 Å². The Hall–Kier alpha value is -2.31. The van der Waals surface area contributed by atoms with E-state index in [1.165, 1.54) is 24.2 Å². The van der Waals surface area contributed by atoms with Crippen molar-refractivity contribution in [2.45, 2.75) is 73.6 Å². The molecule has 5 nitrogen and oxygen atoms in total. The monoisotopic (exact) mass is 500 g/mol. The molecule has 0 fully saturated rings. The van der Waals surface area contributed by atoms with Crippen LogP contribution in [0.15, 0.2) is 39.5 Å². The number of carbonyl (C=O) groups is 1. The van der Waals surface area contributed by atoms with Crippen LogP contribution >= 0.6 is 22.9 Å². The fourth-order valence-corrected chi connectivity index (χ4v) is 4.65. The zero-order valence-electron chi connectivity index (χ0n) is 21.3. The van der Waals surface area contributed by atoms with Gasteiger partial charge in [-0.25, -0.2) is 0 Å². The molecule has 0 spiro atoms. The zero-order chi connectivity index (χ0) is 25.1. The Kier molecular flexibility index (Phi) is 11.6. The van der Waals surface area contributed by atoms with E-state index in [0.29, 0.717) is 18.1 Å². The van der Waals surface area contributed by atoms with Gasteiger partial charge in [-0.3, -0.25) is 9.79 Å². The standard InChI is InChI=1S/C27H37ClN4OS/c1-7-9-10-11-16-29-27(33)26-20(5)24(21(6)34-26)25(22-12-14-23(28)15-13-22)30-17-19(4)32-31-18(3)8-2/h12-15H,7-11,16-17H2,1-6H3,(H,29,33)/b30-25?,31-18-,32-19+. The van der Waals surface area contributed by atoms with E-state index in [1.54, 1.807) is 0 Å². The van der Waals surface area contributed by atoms with Gasteiger partial charge < -0.3 is 5.32 Å². The average Bonchev–Trinajstić information content (AvgIpc) is 3.12. The van der Waals surface area contributed by atoms with Crippen molar-refractivity contribution in [2.24, 2.45) is 15.2 Å². The molecule has 2 rings (SSSR count). The van der Waals surface area contributed by atoms with Crippen LogP contribution in [0.25, 0.3) is 0 Å². The first-order chi connectivity index (χ1) is 16.3. The van der Waals surface area contributed by atoms with Crippen molar-refractivity contribution >= 4 is 46.0 Å². The molecule has 184 valence electrons. The van der Waals surface area contributed by atoms with Gasteiger partial charge in [0.05, 0.1) is 22.8 Å². The van der Waals surface area contributed by atoms with E-state index in [2.05, 4.69) is 29.4 Å². The second-order valence-corrected chi connectivity index (χ2v) is 10.2. The number of thiophene rings is 1. The molecule has 0 aliphatic carbocycles. The minimum Gasteiger partial charge on any atom is -0.351 e. The SMILES string of the molecule is CCCCCCNC(=O)c1sc(C)c(C(=NC/C(C)=N/N=C(/C)CC)c2ccc(Cl)cc2)c1C. The van der Waals surface area contributed by atoms with Gasteiger partial charge in [0.2, 0.25) is 0 Å². The molecule has 2 aromatic rings. The van der Waals surface area contributed by atoms with Gasteiger partial charge in [-0.1, -0.05) is 56.8 Å². The zero-order valence-corrected chi connectivity index (χ0v) is 22.9. The molecule has 0 aliphatic heterocycles. The number of aliphatic imine (C=N–C) groups is 1. The van der Waals surface area contributed by atoms with E-state index in [9.17, 15) is 4.79 Å². The fourth-order valence-electron chi connectivity index (χ4n) is 3.44. The Balaban J connectivity index is 2.37. The predicted octanol–water partition coefficient (Wildman–Crippen LogP) is 7.41. The highest BCUT2D eigenvalue weighted by Crippen LogP contribution is 2.30. The maximum Gasteiger partial charge on any atom is 0.261 e. The summed E-state index contributed by atoms with van der Waals surface area (Å²) >= 11 is 7.66. The van der Waals surface area contributed by atoms with E-state index in [0.717, 1.165) is 62.8 Å². The minimum absolute atomic E-state index is 0.00840. The van der Waals surface area contributed by atoms with Crippen molar-refractivity contribution in [2.75, 3.05) is 13.1 Å². The number of rotatable bonds is 12. The van der Waals surface area contributed by atoms with Crippen molar-refractivity contribution in [3.8, 4) is 0 Å². The Labute approximate surface area is 213 Å². The summed E-state index contributed by atoms with van der Waals surface area (Å²) in [4.78, 5) is 19.7. The second-order valence-electron chi connectivity index (χ2n) is 8.50.